The van der Waals surface area contributed by atoms with Crippen molar-refractivity contribution in [3.8, 4) is 0 Å². The minimum Gasteiger partial charge on any atom is -0.273 e. The number of nitrogens with zero attached hydrogens (tertiary/aromatic N) is 2. The quantitative estimate of drug-likeness (QED) is 0.718. The van der Waals surface area contributed by atoms with Gasteiger partial charge < -0.3 is 0 Å². The Labute approximate surface area is 93.3 Å². The third-order valence-electron chi connectivity index (χ3n) is 2.38. The first-order valence-electron chi connectivity index (χ1n) is 4.77. The van der Waals surface area contributed by atoms with Crippen LogP contribution >= 0.6 is 11.6 Å². The number of benzene rings is 1. The number of hydrogen-bond acceptors (Lipinski definition) is 2. The van der Waals surface area contributed by atoms with Crippen molar-refractivity contribution in [3.05, 3.63) is 34.9 Å². The van der Waals surface area contributed by atoms with Gasteiger partial charge in [-0.2, -0.15) is 5.10 Å². The molecule has 3 nitrogen and oxygen atoms in total. The predicted molar refractivity (Wildman–Crippen MR) is 60.0 cm³/mol. The van der Waals surface area contributed by atoms with Crippen molar-refractivity contribution < 1.29 is 4.79 Å². The molecule has 0 saturated carbocycles. The zero-order valence-corrected chi connectivity index (χ0v) is 9.16. The first kappa shape index (κ1) is 10.2. The Morgan fingerprint density at radius 1 is 1.27 bits per heavy atom. The molecule has 1 heterocycles. The van der Waals surface area contributed by atoms with Crippen LogP contribution in [0, 0.1) is 0 Å². The summed E-state index contributed by atoms with van der Waals surface area (Å²) in [6, 6.07) is 7.50. The molecule has 0 unspecified atom stereocenters. The van der Waals surface area contributed by atoms with Crippen LogP contribution in [0.2, 0.25) is 5.02 Å². The third kappa shape index (κ3) is 2.18. The average molecular weight is 223 g/mol. The lowest BCUT2D eigenvalue weighted by atomic mass is 10.0. The molecular weight excluding hydrogens is 212 g/mol. The van der Waals surface area contributed by atoms with Crippen LogP contribution in [0.25, 0.3) is 0 Å². The van der Waals surface area contributed by atoms with Gasteiger partial charge in [0.2, 0.25) is 5.91 Å². The van der Waals surface area contributed by atoms with Gasteiger partial charge in [-0.05, 0) is 17.7 Å². The fourth-order valence-corrected chi connectivity index (χ4v) is 1.64. The zero-order valence-electron chi connectivity index (χ0n) is 8.40. The van der Waals surface area contributed by atoms with Crippen LogP contribution in [0.1, 0.15) is 18.4 Å². The smallest absolute Gasteiger partial charge is 0.242 e. The van der Waals surface area contributed by atoms with Crippen LogP contribution in [0.15, 0.2) is 29.4 Å². The summed E-state index contributed by atoms with van der Waals surface area (Å²) >= 11 is 5.80. The lowest BCUT2D eigenvalue weighted by molar-refractivity contribution is -0.130. The number of rotatable bonds is 1. The van der Waals surface area contributed by atoms with Gasteiger partial charge >= 0.3 is 0 Å². The van der Waals surface area contributed by atoms with Crippen molar-refractivity contribution in [2.24, 2.45) is 5.10 Å². The largest absolute Gasteiger partial charge is 0.273 e. The molecule has 0 aliphatic carbocycles. The second kappa shape index (κ2) is 4.03. The first-order chi connectivity index (χ1) is 7.16. The molecule has 1 aromatic rings. The van der Waals surface area contributed by atoms with Crippen LogP contribution in [0.4, 0.5) is 0 Å². The van der Waals surface area contributed by atoms with Crippen LogP contribution in [0.3, 0.4) is 0 Å². The summed E-state index contributed by atoms with van der Waals surface area (Å²) in [7, 11) is 1.68. The topological polar surface area (TPSA) is 32.7 Å². The molecule has 0 spiro atoms. The van der Waals surface area contributed by atoms with E-state index in [1.165, 1.54) is 5.01 Å². The molecule has 1 aliphatic heterocycles. The van der Waals surface area contributed by atoms with Gasteiger partial charge in [0.25, 0.3) is 0 Å². The summed E-state index contributed by atoms with van der Waals surface area (Å²) in [4.78, 5) is 11.2. The van der Waals surface area contributed by atoms with E-state index in [4.69, 9.17) is 11.6 Å². The summed E-state index contributed by atoms with van der Waals surface area (Å²) in [6.45, 7) is 0. The molecule has 0 aromatic heterocycles. The van der Waals surface area contributed by atoms with E-state index >= 15 is 0 Å². The molecule has 0 bridgehead atoms. The fraction of sp³-hybridized carbons (Fsp3) is 0.273. The number of carbonyl (C=O) groups excluding carboxylic acids is 1. The molecule has 0 atom stereocenters. The van der Waals surface area contributed by atoms with Gasteiger partial charge in [-0.1, -0.05) is 23.7 Å². The standard InChI is InChI=1S/C11H11ClN2O/c1-14-11(15)7-6-10(13-14)8-2-4-9(12)5-3-8/h2-5H,6-7H2,1H3. The van der Waals surface area contributed by atoms with E-state index in [0.717, 1.165) is 11.3 Å². The Morgan fingerprint density at radius 2 is 1.93 bits per heavy atom. The van der Waals surface area contributed by atoms with Crippen LogP contribution < -0.4 is 0 Å². The Bertz CT molecular complexity index is 411. The van der Waals surface area contributed by atoms with Crippen molar-refractivity contribution in [2.75, 3.05) is 7.05 Å². The molecule has 0 N–H and O–H groups in total. The molecule has 78 valence electrons. The van der Waals surface area contributed by atoms with E-state index in [1.807, 2.05) is 24.3 Å². The SMILES string of the molecule is CN1N=C(c2ccc(Cl)cc2)CCC1=O. The molecule has 2 rings (SSSR count). The normalized spacial score (nSPS) is 16.5. The molecule has 0 radical (unpaired) electrons. The highest BCUT2D eigenvalue weighted by atomic mass is 35.5. The molecule has 1 amide bonds. The fourth-order valence-electron chi connectivity index (χ4n) is 1.52. The molecule has 1 aromatic carbocycles. The second-order valence-electron chi connectivity index (χ2n) is 3.47. The predicted octanol–water partition coefficient (Wildman–Crippen LogP) is 2.30. The summed E-state index contributed by atoms with van der Waals surface area (Å²) in [5, 5.41) is 6.32. The summed E-state index contributed by atoms with van der Waals surface area (Å²) in [5.74, 6) is 0.0627. The van der Waals surface area contributed by atoms with Gasteiger partial charge in [-0.25, -0.2) is 5.01 Å². The van der Waals surface area contributed by atoms with Gasteiger partial charge in [0, 0.05) is 24.9 Å². The van der Waals surface area contributed by atoms with Crippen molar-refractivity contribution in [1.82, 2.24) is 5.01 Å². The summed E-state index contributed by atoms with van der Waals surface area (Å²) < 4.78 is 0. The maximum absolute atomic E-state index is 11.2. The lowest BCUT2D eigenvalue weighted by Crippen LogP contribution is -2.28. The highest BCUT2D eigenvalue weighted by molar-refractivity contribution is 6.30. The van der Waals surface area contributed by atoms with E-state index in [9.17, 15) is 4.79 Å². The van der Waals surface area contributed by atoms with Gasteiger partial charge in [0.1, 0.15) is 0 Å². The minimum absolute atomic E-state index is 0.0627. The van der Waals surface area contributed by atoms with Crippen molar-refractivity contribution >= 4 is 23.2 Å². The van der Waals surface area contributed by atoms with Gasteiger partial charge in [0.05, 0.1) is 5.71 Å². The highest BCUT2D eigenvalue weighted by Gasteiger charge is 2.17. The van der Waals surface area contributed by atoms with Crippen molar-refractivity contribution in [3.63, 3.8) is 0 Å². The highest BCUT2D eigenvalue weighted by Crippen LogP contribution is 2.16. The maximum Gasteiger partial charge on any atom is 0.242 e. The van der Waals surface area contributed by atoms with Gasteiger partial charge in [-0.3, -0.25) is 4.79 Å². The Morgan fingerprint density at radius 3 is 2.53 bits per heavy atom. The van der Waals surface area contributed by atoms with Crippen molar-refractivity contribution in [1.29, 1.82) is 0 Å². The van der Waals surface area contributed by atoms with Crippen LogP contribution in [-0.2, 0) is 4.79 Å². The van der Waals surface area contributed by atoms with Crippen LogP contribution in [-0.4, -0.2) is 23.7 Å². The number of hydrogen-bond donors (Lipinski definition) is 0. The van der Waals surface area contributed by atoms with E-state index in [2.05, 4.69) is 5.10 Å². The number of hydrazone groups is 1. The van der Waals surface area contributed by atoms with E-state index in [-0.39, 0.29) is 5.91 Å². The number of carbonyl (C=O) groups is 1. The van der Waals surface area contributed by atoms with Crippen molar-refractivity contribution in [2.45, 2.75) is 12.8 Å². The maximum atomic E-state index is 11.2. The molecule has 0 fully saturated rings. The molecule has 0 saturated heterocycles. The third-order valence-corrected chi connectivity index (χ3v) is 2.64. The molecule has 1 aliphatic rings. The minimum atomic E-state index is 0.0627. The molecule has 15 heavy (non-hydrogen) atoms. The van der Waals surface area contributed by atoms with E-state index in [0.29, 0.717) is 17.9 Å². The van der Waals surface area contributed by atoms with Gasteiger partial charge in [0.15, 0.2) is 0 Å². The Balaban J connectivity index is 2.28. The lowest BCUT2D eigenvalue weighted by Gasteiger charge is -2.19. The Kier molecular flexibility index (Phi) is 2.73. The molecular formula is C11H11ClN2O. The average Bonchev–Trinajstić information content (AvgIpc) is 2.23. The van der Waals surface area contributed by atoms with Gasteiger partial charge in [-0.15, -0.1) is 0 Å². The Hall–Kier alpha value is -1.35. The number of halogens is 1. The first-order valence-corrected chi connectivity index (χ1v) is 5.14. The second-order valence-corrected chi connectivity index (χ2v) is 3.91. The van der Waals surface area contributed by atoms with E-state index in [1.54, 1.807) is 7.05 Å². The van der Waals surface area contributed by atoms with E-state index < -0.39 is 0 Å². The summed E-state index contributed by atoms with van der Waals surface area (Å²) in [5.41, 5.74) is 1.97. The number of amides is 1. The summed E-state index contributed by atoms with van der Waals surface area (Å²) in [6.07, 6.45) is 1.22. The zero-order chi connectivity index (χ0) is 10.8. The molecule has 4 heteroatoms. The monoisotopic (exact) mass is 222 g/mol. The van der Waals surface area contributed by atoms with Crippen LogP contribution in [0.5, 0.6) is 0 Å².